The number of nitrogens with one attached hydrogen (secondary N) is 1. The Hall–Kier alpha value is -1.30. The van der Waals surface area contributed by atoms with Crippen molar-refractivity contribution in [2.24, 2.45) is 0 Å². The van der Waals surface area contributed by atoms with Crippen molar-refractivity contribution in [3.63, 3.8) is 0 Å². The molecular formula is C14H28N2O4. The van der Waals surface area contributed by atoms with E-state index in [1.165, 1.54) is 4.90 Å². The average Bonchev–Trinajstić information content (AvgIpc) is 2.43. The zero-order chi connectivity index (χ0) is 15.5. The van der Waals surface area contributed by atoms with Crippen LogP contribution in [-0.2, 0) is 4.79 Å². The number of amides is 2. The van der Waals surface area contributed by atoms with Gasteiger partial charge in [-0.1, -0.05) is 33.6 Å². The number of aliphatic hydroxyl groups excluding tert-OH is 1. The van der Waals surface area contributed by atoms with Crippen molar-refractivity contribution in [2.75, 3.05) is 13.2 Å². The van der Waals surface area contributed by atoms with E-state index in [1.807, 2.05) is 20.8 Å². The van der Waals surface area contributed by atoms with Crippen LogP contribution in [-0.4, -0.2) is 52.3 Å². The van der Waals surface area contributed by atoms with Gasteiger partial charge in [0.2, 0.25) is 0 Å². The summed E-state index contributed by atoms with van der Waals surface area (Å²) < 4.78 is 0. The SMILES string of the molecule is CCCCC(NC(=O)N(CCO)C(CC)CC)C(=O)O. The molecule has 6 nitrogen and oxygen atoms in total. The molecule has 6 heteroatoms. The highest BCUT2D eigenvalue weighted by Gasteiger charge is 2.25. The van der Waals surface area contributed by atoms with E-state index in [1.54, 1.807) is 0 Å². The number of aliphatic carboxylic acids is 1. The molecule has 0 saturated carbocycles. The highest BCUT2D eigenvalue weighted by molar-refractivity contribution is 5.82. The highest BCUT2D eigenvalue weighted by Crippen LogP contribution is 2.10. The Morgan fingerprint density at radius 2 is 1.80 bits per heavy atom. The summed E-state index contributed by atoms with van der Waals surface area (Å²) in [5, 5.41) is 20.8. The maximum Gasteiger partial charge on any atom is 0.326 e. The maximum atomic E-state index is 12.2. The molecule has 0 radical (unpaired) electrons. The molecule has 0 aliphatic heterocycles. The molecule has 0 aromatic carbocycles. The van der Waals surface area contributed by atoms with E-state index in [9.17, 15) is 9.59 Å². The number of carboxylic acid groups (broad SMARTS) is 1. The van der Waals surface area contributed by atoms with Crippen LogP contribution in [0.5, 0.6) is 0 Å². The van der Waals surface area contributed by atoms with E-state index in [2.05, 4.69) is 5.32 Å². The number of nitrogens with zero attached hydrogens (tertiary/aromatic N) is 1. The first-order valence-electron chi connectivity index (χ1n) is 7.42. The molecule has 3 N–H and O–H groups in total. The molecule has 0 saturated heterocycles. The van der Waals surface area contributed by atoms with Crippen LogP contribution in [0.1, 0.15) is 52.9 Å². The van der Waals surface area contributed by atoms with Gasteiger partial charge in [-0.2, -0.15) is 0 Å². The van der Waals surface area contributed by atoms with Crippen LogP contribution in [0.2, 0.25) is 0 Å². The molecule has 0 aliphatic carbocycles. The molecule has 0 bridgehead atoms. The molecule has 0 rings (SSSR count). The third kappa shape index (κ3) is 6.23. The summed E-state index contributed by atoms with van der Waals surface area (Å²) in [5.74, 6) is -1.01. The lowest BCUT2D eigenvalue weighted by Crippen LogP contribution is -2.52. The molecule has 1 unspecified atom stereocenters. The first kappa shape index (κ1) is 18.7. The van der Waals surface area contributed by atoms with E-state index < -0.39 is 18.0 Å². The molecule has 1 atom stereocenters. The van der Waals surface area contributed by atoms with Gasteiger partial charge in [0.05, 0.1) is 6.61 Å². The third-order valence-electron chi connectivity index (χ3n) is 3.43. The second-order valence-electron chi connectivity index (χ2n) is 4.87. The largest absolute Gasteiger partial charge is 0.480 e. The molecule has 0 heterocycles. The van der Waals surface area contributed by atoms with E-state index >= 15 is 0 Å². The summed E-state index contributed by atoms with van der Waals surface area (Å²) in [7, 11) is 0. The fraction of sp³-hybridized carbons (Fsp3) is 0.857. The molecule has 118 valence electrons. The van der Waals surface area contributed by atoms with Crippen LogP contribution in [0.25, 0.3) is 0 Å². The van der Waals surface area contributed by atoms with Crippen LogP contribution in [0.4, 0.5) is 4.79 Å². The average molecular weight is 288 g/mol. The third-order valence-corrected chi connectivity index (χ3v) is 3.43. The summed E-state index contributed by atoms with van der Waals surface area (Å²) >= 11 is 0. The first-order valence-corrected chi connectivity index (χ1v) is 7.42. The van der Waals surface area contributed by atoms with Crippen molar-refractivity contribution in [1.29, 1.82) is 0 Å². The van der Waals surface area contributed by atoms with E-state index in [0.717, 1.165) is 25.7 Å². The van der Waals surface area contributed by atoms with Crippen molar-refractivity contribution >= 4 is 12.0 Å². The minimum Gasteiger partial charge on any atom is -0.480 e. The summed E-state index contributed by atoms with van der Waals surface area (Å²) in [6, 6.07) is -1.25. The van der Waals surface area contributed by atoms with E-state index in [-0.39, 0.29) is 19.2 Å². The minimum atomic E-state index is -1.01. The van der Waals surface area contributed by atoms with Gasteiger partial charge in [-0.3, -0.25) is 0 Å². The smallest absolute Gasteiger partial charge is 0.326 e. The number of rotatable bonds is 10. The number of hydrogen-bond donors (Lipinski definition) is 3. The molecule has 0 spiro atoms. The zero-order valence-corrected chi connectivity index (χ0v) is 12.8. The van der Waals surface area contributed by atoms with Crippen molar-refractivity contribution in [3.8, 4) is 0 Å². The molecule has 0 aromatic heterocycles. The Morgan fingerprint density at radius 3 is 2.20 bits per heavy atom. The van der Waals surface area contributed by atoms with Gasteiger partial charge in [0.25, 0.3) is 0 Å². The molecular weight excluding hydrogens is 260 g/mol. The Kier molecular flexibility index (Phi) is 9.80. The Labute approximate surface area is 121 Å². The number of hydrogen-bond acceptors (Lipinski definition) is 3. The van der Waals surface area contributed by atoms with Crippen molar-refractivity contribution in [1.82, 2.24) is 10.2 Å². The van der Waals surface area contributed by atoms with E-state index in [4.69, 9.17) is 10.2 Å². The Balaban J connectivity index is 4.73. The maximum absolute atomic E-state index is 12.2. The topological polar surface area (TPSA) is 89.9 Å². The van der Waals surface area contributed by atoms with Gasteiger partial charge in [-0.05, 0) is 19.3 Å². The summed E-state index contributed by atoms with van der Waals surface area (Å²) in [4.78, 5) is 24.9. The van der Waals surface area contributed by atoms with Gasteiger partial charge < -0.3 is 20.4 Å². The van der Waals surface area contributed by atoms with E-state index in [0.29, 0.717) is 6.42 Å². The Morgan fingerprint density at radius 1 is 1.20 bits per heavy atom. The number of urea groups is 1. The standard InChI is InChI=1S/C14H28N2O4/c1-4-7-8-12(13(18)19)15-14(20)16(9-10-17)11(5-2)6-3/h11-12,17H,4-10H2,1-3H3,(H,15,20)(H,18,19). The molecule has 2 amide bonds. The lowest BCUT2D eigenvalue weighted by Gasteiger charge is -2.31. The quantitative estimate of drug-likeness (QED) is 0.572. The van der Waals surface area contributed by atoms with Crippen LogP contribution in [0.15, 0.2) is 0 Å². The molecule has 0 aromatic rings. The van der Waals surface area contributed by atoms with Gasteiger partial charge in [0.15, 0.2) is 0 Å². The van der Waals surface area contributed by atoms with Gasteiger partial charge in [0, 0.05) is 12.6 Å². The van der Waals surface area contributed by atoms with Crippen LogP contribution < -0.4 is 5.32 Å². The Bertz CT molecular complexity index is 293. The summed E-state index contributed by atoms with van der Waals surface area (Å²) in [6.45, 7) is 6.01. The lowest BCUT2D eigenvalue weighted by atomic mass is 10.1. The van der Waals surface area contributed by atoms with Crippen LogP contribution >= 0.6 is 0 Å². The van der Waals surface area contributed by atoms with Crippen molar-refractivity contribution < 1.29 is 19.8 Å². The first-order chi connectivity index (χ1) is 9.51. The number of carbonyl (C=O) groups is 2. The van der Waals surface area contributed by atoms with Gasteiger partial charge in [-0.15, -0.1) is 0 Å². The predicted octanol–water partition coefficient (Wildman–Crippen LogP) is 1.82. The number of unbranched alkanes of at least 4 members (excludes halogenated alkanes) is 1. The van der Waals surface area contributed by atoms with Gasteiger partial charge in [0.1, 0.15) is 6.04 Å². The molecule has 0 fully saturated rings. The lowest BCUT2D eigenvalue weighted by molar-refractivity contribution is -0.139. The fourth-order valence-electron chi connectivity index (χ4n) is 2.18. The zero-order valence-electron chi connectivity index (χ0n) is 12.8. The monoisotopic (exact) mass is 288 g/mol. The number of carboxylic acids is 1. The molecule has 20 heavy (non-hydrogen) atoms. The van der Waals surface area contributed by atoms with Crippen molar-refractivity contribution in [3.05, 3.63) is 0 Å². The van der Waals surface area contributed by atoms with Crippen LogP contribution in [0, 0.1) is 0 Å². The normalized spacial score (nSPS) is 12.2. The van der Waals surface area contributed by atoms with Gasteiger partial charge in [-0.25, -0.2) is 9.59 Å². The second-order valence-corrected chi connectivity index (χ2v) is 4.87. The summed E-state index contributed by atoms with van der Waals surface area (Å²) in [5.41, 5.74) is 0. The van der Waals surface area contributed by atoms with Crippen molar-refractivity contribution in [2.45, 2.75) is 65.0 Å². The second kappa shape index (κ2) is 10.5. The summed E-state index contributed by atoms with van der Waals surface area (Å²) in [6.07, 6.45) is 3.61. The van der Waals surface area contributed by atoms with Crippen LogP contribution in [0.3, 0.4) is 0 Å². The number of carbonyl (C=O) groups excluding carboxylic acids is 1. The highest BCUT2D eigenvalue weighted by atomic mass is 16.4. The minimum absolute atomic E-state index is 0.0165. The predicted molar refractivity (Wildman–Crippen MR) is 77.6 cm³/mol. The molecule has 0 aliphatic rings. The fourth-order valence-corrected chi connectivity index (χ4v) is 2.18. The number of aliphatic hydroxyl groups is 1. The van der Waals surface area contributed by atoms with Gasteiger partial charge >= 0.3 is 12.0 Å².